The summed E-state index contributed by atoms with van der Waals surface area (Å²) in [6.07, 6.45) is 1.54. The molecular formula is C17H19N5O3. The number of aryl methyl sites for hydroxylation is 3. The third-order valence-corrected chi connectivity index (χ3v) is 4.66. The molecule has 3 aromatic rings. The number of pyridine rings is 1. The Balaban J connectivity index is 1.72. The van der Waals surface area contributed by atoms with Crippen molar-refractivity contribution in [3.63, 3.8) is 0 Å². The van der Waals surface area contributed by atoms with E-state index in [0.717, 1.165) is 28.0 Å². The standard InChI is InChI=1S/C17H19N5O3/c1-9-13-6-12(7-18-16(13)25-21-9)17(23)22-4-5-24-8-14(22)15-10(2)19-20-11(15)3/h6-7,14H,4-5,8H2,1-3H3,(H,19,20). The van der Waals surface area contributed by atoms with Crippen molar-refractivity contribution in [2.45, 2.75) is 26.8 Å². The summed E-state index contributed by atoms with van der Waals surface area (Å²) >= 11 is 0. The molecule has 1 amide bonds. The number of nitrogens with zero attached hydrogens (tertiary/aromatic N) is 4. The molecule has 8 heteroatoms. The largest absolute Gasteiger partial charge is 0.377 e. The summed E-state index contributed by atoms with van der Waals surface area (Å²) in [7, 11) is 0. The van der Waals surface area contributed by atoms with Crippen LogP contribution in [-0.2, 0) is 4.74 Å². The number of morpholine rings is 1. The van der Waals surface area contributed by atoms with Crippen molar-refractivity contribution in [1.29, 1.82) is 0 Å². The zero-order valence-electron chi connectivity index (χ0n) is 14.4. The van der Waals surface area contributed by atoms with Gasteiger partial charge >= 0.3 is 0 Å². The number of hydrogen-bond donors (Lipinski definition) is 1. The normalized spacial score (nSPS) is 18.0. The van der Waals surface area contributed by atoms with Crippen LogP contribution in [0.1, 0.15) is 39.0 Å². The fraction of sp³-hybridized carbons (Fsp3) is 0.412. The molecule has 1 N–H and O–H groups in total. The highest BCUT2D eigenvalue weighted by atomic mass is 16.5. The minimum absolute atomic E-state index is 0.0803. The Morgan fingerprint density at radius 2 is 2.16 bits per heavy atom. The second-order valence-electron chi connectivity index (χ2n) is 6.28. The topological polar surface area (TPSA) is 97.1 Å². The monoisotopic (exact) mass is 341 g/mol. The summed E-state index contributed by atoms with van der Waals surface area (Å²) in [6, 6.07) is 1.62. The molecular weight excluding hydrogens is 322 g/mol. The highest BCUT2D eigenvalue weighted by Crippen LogP contribution is 2.30. The molecule has 4 heterocycles. The summed E-state index contributed by atoms with van der Waals surface area (Å²) in [5.41, 5.74) is 4.53. The lowest BCUT2D eigenvalue weighted by molar-refractivity contribution is -0.00302. The van der Waals surface area contributed by atoms with E-state index in [4.69, 9.17) is 9.26 Å². The molecule has 0 aromatic carbocycles. The van der Waals surface area contributed by atoms with E-state index in [0.29, 0.717) is 31.0 Å². The number of aromatic nitrogens is 4. The minimum atomic E-state index is -0.167. The van der Waals surface area contributed by atoms with Crippen molar-refractivity contribution in [1.82, 2.24) is 25.2 Å². The molecule has 0 bridgehead atoms. The lowest BCUT2D eigenvalue weighted by atomic mass is 10.0. The van der Waals surface area contributed by atoms with E-state index in [1.54, 1.807) is 6.07 Å². The number of carbonyl (C=O) groups excluding carboxylic acids is 1. The van der Waals surface area contributed by atoms with Gasteiger partial charge in [0, 0.05) is 24.0 Å². The minimum Gasteiger partial charge on any atom is -0.377 e. The highest BCUT2D eigenvalue weighted by molar-refractivity contribution is 5.97. The second kappa shape index (κ2) is 5.96. The molecule has 0 spiro atoms. The molecule has 0 radical (unpaired) electrons. The maximum atomic E-state index is 13.2. The number of fused-ring (bicyclic) bond motifs is 1. The summed E-state index contributed by atoms with van der Waals surface area (Å²) in [6.45, 7) is 7.21. The number of aromatic amines is 1. The van der Waals surface area contributed by atoms with Crippen molar-refractivity contribution in [3.05, 3.63) is 40.5 Å². The van der Waals surface area contributed by atoms with Gasteiger partial charge in [0.15, 0.2) is 0 Å². The van der Waals surface area contributed by atoms with Crippen LogP contribution in [0, 0.1) is 20.8 Å². The molecule has 8 nitrogen and oxygen atoms in total. The van der Waals surface area contributed by atoms with Crippen LogP contribution in [0.5, 0.6) is 0 Å². The lowest BCUT2D eigenvalue weighted by Gasteiger charge is -2.36. The zero-order valence-corrected chi connectivity index (χ0v) is 14.4. The molecule has 0 saturated carbocycles. The maximum absolute atomic E-state index is 13.2. The number of hydrogen-bond acceptors (Lipinski definition) is 6. The Kier molecular flexibility index (Phi) is 3.76. The average Bonchev–Trinajstić information content (AvgIpc) is 3.16. The van der Waals surface area contributed by atoms with Crippen molar-refractivity contribution in [2.75, 3.05) is 19.8 Å². The summed E-state index contributed by atoms with van der Waals surface area (Å²) in [5.74, 6) is -0.0803. The first-order valence-electron chi connectivity index (χ1n) is 8.18. The predicted molar refractivity (Wildman–Crippen MR) is 89.2 cm³/mol. The van der Waals surface area contributed by atoms with Crippen LogP contribution in [0.15, 0.2) is 16.8 Å². The average molecular weight is 341 g/mol. The van der Waals surface area contributed by atoms with Gasteiger partial charge in [0.2, 0.25) is 0 Å². The van der Waals surface area contributed by atoms with Gasteiger partial charge in [0.1, 0.15) is 0 Å². The SMILES string of the molecule is Cc1n[nH]c(C)c1C1COCCN1C(=O)c1cnc2onc(C)c2c1. The van der Waals surface area contributed by atoms with E-state index in [2.05, 4.69) is 20.3 Å². The predicted octanol–water partition coefficient (Wildman–Crippen LogP) is 2.08. The number of H-pyrrole nitrogens is 1. The lowest BCUT2D eigenvalue weighted by Crippen LogP contribution is -2.43. The number of rotatable bonds is 2. The van der Waals surface area contributed by atoms with Crippen LogP contribution in [0.3, 0.4) is 0 Å². The van der Waals surface area contributed by atoms with Gasteiger partial charge in [-0.25, -0.2) is 4.98 Å². The Labute approximate surface area is 144 Å². The summed E-state index contributed by atoms with van der Waals surface area (Å²) in [4.78, 5) is 19.2. The molecule has 1 saturated heterocycles. The third kappa shape index (κ3) is 2.58. The van der Waals surface area contributed by atoms with Gasteiger partial charge in [-0.2, -0.15) is 5.10 Å². The molecule has 4 rings (SSSR count). The highest BCUT2D eigenvalue weighted by Gasteiger charge is 2.32. The molecule has 1 atom stereocenters. The van der Waals surface area contributed by atoms with Gasteiger partial charge in [-0.3, -0.25) is 9.89 Å². The van der Waals surface area contributed by atoms with E-state index >= 15 is 0 Å². The molecule has 1 aliphatic heterocycles. The first kappa shape index (κ1) is 15.8. The molecule has 0 aliphatic carbocycles. The molecule has 1 unspecified atom stereocenters. The van der Waals surface area contributed by atoms with E-state index in [1.807, 2.05) is 25.7 Å². The van der Waals surface area contributed by atoms with E-state index in [-0.39, 0.29) is 11.9 Å². The Bertz CT molecular complexity index is 926. The van der Waals surface area contributed by atoms with E-state index in [1.165, 1.54) is 6.20 Å². The Morgan fingerprint density at radius 3 is 2.92 bits per heavy atom. The first-order valence-corrected chi connectivity index (χ1v) is 8.18. The Morgan fingerprint density at radius 1 is 1.32 bits per heavy atom. The molecule has 25 heavy (non-hydrogen) atoms. The van der Waals surface area contributed by atoms with Crippen LogP contribution in [0.4, 0.5) is 0 Å². The zero-order chi connectivity index (χ0) is 17.6. The van der Waals surface area contributed by atoms with Crippen LogP contribution in [0.25, 0.3) is 11.1 Å². The van der Waals surface area contributed by atoms with Crippen molar-refractivity contribution in [2.24, 2.45) is 0 Å². The van der Waals surface area contributed by atoms with Crippen LogP contribution >= 0.6 is 0 Å². The van der Waals surface area contributed by atoms with Crippen LogP contribution < -0.4 is 0 Å². The fourth-order valence-corrected chi connectivity index (χ4v) is 3.36. The van der Waals surface area contributed by atoms with Gasteiger partial charge in [-0.05, 0) is 26.8 Å². The van der Waals surface area contributed by atoms with Crippen molar-refractivity contribution >= 4 is 17.0 Å². The van der Waals surface area contributed by atoms with E-state index in [9.17, 15) is 4.79 Å². The second-order valence-corrected chi connectivity index (χ2v) is 6.28. The smallest absolute Gasteiger partial charge is 0.257 e. The van der Waals surface area contributed by atoms with Crippen LogP contribution in [-0.4, -0.2) is 50.9 Å². The maximum Gasteiger partial charge on any atom is 0.257 e. The van der Waals surface area contributed by atoms with E-state index < -0.39 is 0 Å². The van der Waals surface area contributed by atoms with Gasteiger partial charge in [-0.15, -0.1) is 0 Å². The van der Waals surface area contributed by atoms with Gasteiger partial charge < -0.3 is 14.2 Å². The quantitative estimate of drug-likeness (QED) is 0.766. The van der Waals surface area contributed by atoms with Crippen molar-refractivity contribution < 1.29 is 14.1 Å². The Hall–Kier alpha value is -2.74. The molecule has 130 valence electrons. The first-order chi connectivity index (χ1) is 12.1. The summed E-state index contributed by atoms with van der Waals surface area (Å²) in [5, 5.41) is 11.9. The number of carbonyl (C=O) groups is 1. The number of nitrogens with one attached hydrogen (secondary N) is 1. The fourth-order valence-electron chi connectivity index (χ4n) is 3.36. The number of ether oxygens (including phenoxy) is 1. The number of amides is 1. The third-order valence-electron chi connectivity index (χ3n) is 4.66. The van der Waals surface area contributed by atoms with Crippen LogP contribution in [0.2, 0.25) is 0 Å². The van der Waals surface area contributed by atoms with Crippen molar-refractivity contribution in [3.8, 4) is 0 Å². The molecule has 1 fully saturated rings. The van der Waals surface area contributed by atoms with Gasteiger partial charge in [0.05, 0.1) is 41.6 Å². The summed E-state index contributed by atoms with van der Waals surface area (Å²) < 4.78 is 10.8. The van der Waals surface area contributed by atoms with Gasteiger partial charge in [0.25, 0.3) is 11.6 Å². The molecule has 1 aliphatic rings. The molecule has 3 aromatic heterocycles. The van der Waals surface area contributed by atoms with Gasteiger partial charge in [-0.1, -0.05) is 5.16 Å².